The minimum absolute atomic E-state index is 0.698. The van der Waals surface area contributed by atoms with Crippen molar-refractivity contribution in [3.63, 3.8) is 0 Å². The molecule has 0 aliphatic rings. The molecule has 124 valence electrons. The van der Waals surface area contributed by atoms with Crippen LogP contribution in [0.4, 0.5) is 0 Å². The van der Waals surface area contributed by atoms with Crippen LogP contribution >= 0.6 is 27.5 Å². The lowest BCUT2D eigenvalue weighted by Crippen LogP contribution is -2.25. The predicted molar refractivity (Wildman–Crippen MR) is 99.9 cm³/mol. The lowest BCUT2D eigenvalue weighted by Gasteiger charge is -2.23. The van der Waals surface area contributed by atoms with E-state index in [2.05, 4.69) is 45.1 Å². The molecule has 0 saturated heterocycles. The molecule has 0 aliphatic heterocycles. The summed E-state index contributed by atoms with van der Waals surface area (Å²) in [5.74, 6) is 0.847. The van der Waals surface area contributed by atoms with Gasteiger partial charge in [0, 0.05) is 24.7 Å². The van der Waals surface area contributed by atoms with E-state index in [-0.39, 0.29) is 0 Å². The first kappa shape index (κ1) is 18.3. The van der Waals surface area contributed by atoms with E-state index in [0.717, 1.165) is 41.3 Å². The highest BCUT2D eigenvalue weighted by molar-refractivity contribution is 9.10. The Hall–Kier alpha value is -1.07. The molecule has 2 aromatic rings. The molecule has 5 heteroatoms. The lowest BCUT2D eigenvalue weighted by molar-refractivity contribution is 0.255. The Kier molecular flexibility index (Phi) is 7.37. The number of nitrogens with two attached hydrogens (primary N) is 1. The molecule has 0 fully saturated rings. The number of ether oxygens (including phenoxy) is 1. The van der Waals surface area contributed by atoms with Crippen molar-refractivity contribution in [2.45, 2.75) is 19.5 Å². The molecule has 2 aromatic carbocycles. The van der Waals surface area contributed by atoms with Crippen molar-refractivity contribution in [3.05, 3.63) is 63.1 Å². The predicted octanol–water partition coefficient (Wildman–Crippen LogP) is 4.46. The third-order valence-corrected chi connectivity index (χ3v) is 4.49. The van der Waals surface area contributed by atoms with Gasteiger partial charge in [0.25, 0.3) is 0 Å². The zero-order chi connectivity index (χ0) is 16.7. The number of benzene rings is 2. The van der Waals surface area contributed by atoms with E-state index in [1.54, 1.807) is 7.11 Å². The van der Waals surface area contributed by atoms with Crippen LogP contribution in [-0.2, 0) is 13.1 Å². The van der Waals surface area contributed by atoms with Gasteiger partial charge in [0.2, 0.25) is 0 Å². The minimum atomic E-state index is 0.698. The van der Waals surface area contributed by atoms with E-state index in [0.29, 0.717) is 6.54 Å². The fourth-order valence-electron chi connectivity index (χ4n) is 2.44. The van der Waals surface area contributed by atoms with Gasteiger partial charge in [0.1, 0.15) is 5.75 Å². The van der Waals surface area contributed by atoms with E-state index < -0.39 is 0 Å². The fourth-order valence-corrected chi connectivity index (χ4v) is 3.16. The highest BCUT2D eigenvalue weighted by Gasteiger charge is 2.09. The first-order valence-electron chi connectivity index (χ1n) is 7.61. The molecule has 0 spiro atoms. The molecule has 0 bridgehead atoms. The first-order valence-corrected chi connectivity index (χ1v) is 8.78. The van der Waals surface area contributed by atoms with E-state index in [1.165, 1.54) is 11.1 Å². The second-order valence-corrected chi connectivity index (χ2v) is 6.74. The van der Waals surface area contributed by atoms with Gasteiger partial charge in [-0.15, -0.1) is 0 Å². The Morgan fingerprint density at radius 3 is 2.35 bits per heavy atom. The number of hydrogen-bond donors (Lipinski definition) is 1. The number of hydrogen-bond acceptors (Lipinski definition) is 3. The molecule has 0 heterocycles. The summed E-state index contributed by atoms with van der Waals surface area (Å²) in [6.07, 6.45) is 0.977. The SMILES string of the molecule is COc1ccc(CN(CCCN)Cc2ccc(Cl)cc2)cc1Br. The van der Waals surface area contributed by atoms with Crippen molar-refractivity contribution in [2.24, 2.45) is 5.73 Å². The van der Waals surface area contributed by atoms with Crippen LogP contribution in [-0.4, -0.2) is 25.1 Å². The Bertz CT molecular complexity index is 619. The van der Waals surface area contributed by atoms with Gasteiger partial charge in [-0.3, -0.25) is 4.90 Å². The molecule has 0 aliphatic carbocycles. The standard InChI is InChI=1S/C18H22BrClN2O/c1-23-18-8-5-15(11-17(18)19)13-22(10-2-9-21)12-14-3-6-16(20)7-4-14/h3-8,11H,2,9-10,12-13,21H2,1H3. The summed E-state index contributed by atoms with van der Waals surface area (Å²) < 4.78 is 6.26. The summed E-state index contributed by atoms with van der Waals surface area (Å²) in [7, 11) is 1.67. The zero-order valence-corrected chi connectivity index (χ0v) is 15.6. The molecule has 2 rings (SSSR count). The number of methoxy groups -OCH3 is 1. The maximum atomic E-state index is 5.96. The Balaban J connectivity index is 2.08. The topological polar surface area (TPSA) is 38.5 Å². The zero-order valence-electron chi connectivity index (χ0n) is 13.3. The Morgan fingerprint density at radius 2 is 1.74 bits per heavy atom. The van der Waals surface area contributed by atoms with Gasteiger partial charge in [0.15, 0.2) is 0 Å². The summed E-state index contributed by atoms with van der Waals surface area (Å²) in [6.45, 7) is 3.40. The molecular formula is C18H22BrClN2O. The number of nitrogens with zero attached hydrogens (tertiary/aromatic N) is 1. The molecule has 0 radical (unpaired) electrons. The van der Waals surface area contributed by atoms with E-state index >= 15 is 0 Å². The highest BCUT2D eigenvalue weighted by atomic mass is 79.9. The average Bonchev–Trinajstić information content (AvgIpc) is 2.55. The molecule has 0 saturated carbocycles. The maximum Gasteiger partial charge on any atom is 0.133 e. The summed E-state index contributed by atoms with van der Waals surface area (Å²) in [6, 6.07) is 14.2. The van der Waals surface area contributed by atoms with Crippen molar-refractivity contribution in [1.29, 1.82) is 0 Å². The number of rotatable bonds is 8. The largest absolute Gasteiger partial charge is 0.496 e. The van der Waals surface area contributed by atoms with E-state index in [1.807, 2.05) is 18.2 Å². The third-order valence-electron chi connectivity index (χ3n) is 3.62. The summed E-state index contributed by atoms with van der Waals surface area (Å²) in [5, 5.41) is 0.765. The van der Waals surface area contributed by atoms with Gasteiger partial charge >= 0.3 is 0 Å². The van der Waals surface area contributed by atoms with Crippen molar-refractivity contribution in [3.8, 4) is 5.75 Å². The maximum absolute atomic E-state index is 5.96. The first-order chi connectivity index (χ1) is 11.1. The van der Waals surface area contributed by atoms with Gasteiger partial charge in [-0.1, -0.05) is 29.8 Å². The average molecular weight is 398 g/mol. The van der Waals surface area contributed by atoms with Gasteiger partial charge in [0.05, 0.1) is 11.6 Å². The number of halogens is 2. The molecule has 2 N–H and O–H groups in total. The fraction of sp³-hybridized carbons (Fsp3) is 0.333. The smallest absolute Gasteiger partial charge is 0.133 e. The highest BCUT2D eigenvalue weighted by Crippen LogP contribution is 2.26. The minimum Gasteiger partial charge on any atom is -0.496 e. The van der Waals surface area contributed by atoms with Crippen LogP contribution in [0, 0.1) is 0 Å². The monoisotopic (exact) mass is 396 g/mol. The van der Waals surface area contributed by atoms with Gasteiger partial charge in [-0.2, -0.15) is 0 Å². The van der Waals surface area contributed by atoms with Crippen LogP contribution in [0.2, 0.25) is 5.02 Å². The van der Waals surface area contributed by atoms with Gasteiger partial charge in [-0.25, -0.2) is 0 Å². The molecule has 0 aromatic heterocycles. The van der Waals surface area contributed by atoms with Crippen LogP contribution in [0.3, 0.4) is 0 Å². The Morgan fingerprint density at radius 1 is 1.09 bits per heavy atom. The van der Waals surface area contributed by atoms with Gasteiger partial charge in [-0.05, 0) is 64.3 Å². The van der Waals surface area contributed by atoms with E-state index in [9.17, 15) is 0 Å². The lowest BCUT2D eigenvalue weighted by atomic mass is 10.1. The van der Waals surface area contributed by atoms with Crippen LogP contribution in [0.5, 0.6) is 5.75 Å². The second kappa shape index (κ2) is 9.28. The van der Waals surface area contributed by atoms with Gasteiger partial charge < -0.3 is 10.5 Å². The molecular weight excluding hydrogens is 376 g/mol. The van der Waals surface area contributed by atoms with Crippen molar-refractivity contribution < 1.29 is 4.74 Å². The molecule has 3 nitrogen and oxygen atoms in total. The normalized spacial score (nSPS) is 11.0. The molecule has 0 unspecified atom stereocenters. The van der Waals surface area contributed by atoms with Crippen LogP contribution in [0.25, 0.3) is 0 Å². The molecule has 0 amide bonds. The third kappa shape index (κ3) is 5.81. The van der Waals surface area contributed by atoms with Crippen molar-refractivity contribution in [2.75, 3.05) is 20.2 Å². The molecule has 23 heavy (non-hydrogen) atoms. The van der Waals surface area contributed by atoms with Crippen LogP contribution < -0.4 is 10.5 Å². The molecule has 0 atom stereocenters. The summed E-state index contributed by atoms with van der Waals surface area (Å²) >= 11 is 9.51. The van der Waals surface area contributed by atoms with E-state index in [4.69, 9.17) is 22.1 Å². The van der Waals surface area contributed by atoms with Crippen molar-refractivity contribution in [1.82, 2.24) is 4.90 Å². The Labute approximate surface area is 151 Å². The summed E-state index contributed by atoms with van der Waals surface area (Å²) in [4.78, 5) is 2.39. The quantitative estimate of drug-likeness (QED) is 0.714. The van der Waals surface area contributed by atoms with Crippen molar-refractivity contribution >= 4 is 27.5 Å². The van der Waals surface area contributed by atoms with Crippen LogP contribution in [0.1, 0.15) is 17.5 Å². The van der Waals surface area contributed by atoms with Crippen LogP contribution in [0.15, 0.2) is 46.9 Å². The second-order valence-electron chi connectivity index (χ2n) is 5.45. The summed E-state index contributed by atoms with van der Waals surface area (Å²) in [5.41, 5.74) is 8.17.